The molecule has 0 spiro atoms. The van der Waals surface area contributed by atoms with Gasteiger partial charge >= 0.3 is 0 Å². The third-order valence-electron chi connectivity index (χ3n) is 21.8. The molecule has 0 bridgehead atoms. The number of terminal acetylenes is 2. The van der Waals surface area contributed by atoms with Crippen molar-refractivity contribution in [3.8, 4) is 172 Å². The van der Waals surface area contributed by atoms with Crippen LogP contribution < -0.4 is 28.7 Å². The highest BCUT2D eigenvalue weighted by atomic mass is 35.5. The van der Waals surface area contributed by atoms with Gasteiger partial charge in [-0.1, -0.05) is 282 Å². The van der Waals surface area contributed by atoms with E-state index in [4.69, 9.17) is 124 Å². The Morgan fingerprint density at radius 2 is 0.486 bits per heavy atom. The van der Waals surface area contributed by atoms with Crippen molar-refractivity contribution in [1.82, 2.24) is 74.8 Å². The van der Waals surface area contributed by atoms with Gasteiger partial charge in [-0.3, -0.25) is 24.9 Å². The minimum Gasteiger partial charge on any atom is -0.382 e. The van der Waals surface area contributed by atoms with Gasteiger partial charge in [-0.15, -0.1) is 24.7 Å². The van der Waals surface area contributed by atoms with Crippen molar-refractivity contribution in [2.45, 2.75) is 26.7 Å². The number of nitrogens with zero attached hydrogens (tertiary/aromatic N) is 15. The van der Waals surface area contributed by atoms with E-state index in [9.17, 15) is 0 Å². The molecule has 0 atom stereocenters. The van der Waals surface area contributed by atoms with E-state index in [1.807, 2.05) is 303 Å². The lowest BCUT2D eigenvalue weighted by Gasteiger charge is -2.14. The quantitative estimate of drug-likeness (QED) is 0.0670. The molecule has 0 saturated heterocycles. The van der Waals surface area contributed by atoms with Crippen LogP contribution in [0.15, 0.2) is 334 Å². The van der Waals surface area contributed by atoms with Gasteiger partial charge in [0.1, 0.15) is 17.3 Å². The van der Waals surface area contributed by atoms with Crippen molar-refractivity contribution in [2.24, 2.45) is 0 Å². The lowest BCUT2D eigenvalue weighted by molar-refractivity contribution is 1.09. The summed E-state index contributed by atoms with van der Waals surface area (Å²) in [7, 11) is 0. The summed E-state index contributed by atoms with van der Waals surface area (Å²) in [5.74, 6) is 18.4. The fourth-order valence-corrected chi connectivity index (χ4v) is 16.8. The highest BCUT2D eigenvalue weighted by Crippen LogP contribution is 2.43. The van der Waals surface area contributed by atoms with Crippen molar-refractivity contribution in [3.05, 3.63) is 382 Å². The molecule has 10 aromatic heterocycles. The van der Waals surface area contributed by atoms with Gasteiger partial charge in [0, 0.05) is 119 Å². The first kappa shape index (κ1) is 92.4. The average Bonchev–Trinajstić information content (AvgIpc) is 0.777. The largest absolute Gasteiger partial charge is 0.382 e. The fraction of sp³-hybridized carbons (Fsp3) is 0.0354. The van der Waals surface area contributed by atoms with Crippen LogP contribution in [0.1, 0.15) is 36.6 Å². The number of fused-ring (bicyclic) bond motifs is 5. The maximum atomic E-state index is 6.56. The standard InChI is InChI=1S/C25H17ClN4.C23H17ClN4.2C22H15ClN4.C21H13ClN4/c26-20-15-19(14-18-12-7-13-28-21(18)20)23-22(16-8-3-1-4-9-16)30-25(27)24(29-23)17-10-5-2-6-11-17;1-2-3-11-19-23(25)28-21(15-8-5-4-6-9-15)22(27-19)17-13-16-10-7-12-26-20(16)18(24)14-17;2*1-2-7-18-22(24)27-20(14-8-4-3-5-9-14)21(26-18)16-12-15-10-6-11-25-19(15)17(23)13-16;1-2-17-21(23)26-19(13-7-4-3-5-8-13)20(25-17)15-11-14-9-6-10-24-18(14)16(22)12-15/h1-15H,(H2,27,30);4-10,12-14H,11H2,1H3,(H2,25,28);3-6,8-13H,1H3,(H2,24,27);1,3-6,8-13H,7H2,(H2,24,27);1,3-12H,(H2,23,26). The molecule has 0 aliphatic rings. The Hall–Kier alpha value is -17.4. The third-order valence-corrected chi connectivity index (χ3v) is 23.2. The lowest BCUT2D eigenvalue weighted by atomic mass is 10.0. The van der Waals surface area contributed by atoms with Crippen molar-refractivity contribution < 1.29 is 0 Å². The van der Waals surface area contributed by atoms with E-state index < -0.39 is 0 Å². The predicted molar refractivity (Wildman–Crippen MR) is 564 cm³/mol. The van der Waals surface area contributed by atoms with Crippen molar-refractivity contribution >= 4 is 142 Å². The van der Waals surface area contributed by atoms with E-state index in [1.165, 1.54) is 0 Å². The smallest absolute Gasteiger partial charge is 0.158 e. The minimum atomic E-state index is 0.226. The molecule has 0 radical (unpaired) electrons. The molecule has 25 heteroatoms. The Kier molecular flexibility index (Phi) is 28.5. The summed E-state index contributed by atoms with van der Waals surface area (Å²) in [6.07, 6.45) is 20.4. The Morgan fingerprint density at radius 3 is 0.768 bits per heavy atom. The molecular weight excluding hydrogens is 1810 g/mol. The summed E-state index contributed by atoms with van der Waals surface area (Å²) < 4.78 is 0. The number of hydrogen-bond acceptors (Lipinski definition) is 20. The van der Waals surface area contributed by atoms with Crippen LogP contribution in [0.25, 0.3) is 178 Å². The van der Waals surface area contributed by atoms with Gasteiger partial charge in [0.05, 0.1) is 134 Å². The first-order chi connectivity index (χ1) is 67.4. The predicted octanol–water partition coefficient (Wildman–Crippen LogP) is 25.7. The van der Waals surface area contributed by atoms with Crippen molar-refractivity contribution in [1.29, 1.82) is 0 Å². The highest BCUT2D eigenvalue weighted by Gasteiger charge is 2.25. The number of rotatable bonds is 13. The number of nitrogens with two attached hydrogens (primary N) is 5. The summed E-state index contributed by atoms with van der Waals surface area (Å²) >= 11 is 32.5. The minimum absolute atomic E-state index is 0.226. The van der Waals surface area contributed by atoms with E-state index in [0.29, 0.717) is 135 Å². The molecule has 10 heterocycles. The van der Waals surface area contributed by atoms with Gasteiger partial charge in [0.25, 0.3) is 0 Å². The molecule has 0 fully saturated rings. The van der Waals surface area contributed by atoms with E-state index >= 15 is 0 Å². The maximum Gasteiger partial charge on any atom is 0.158 e. The molecule has 10 N–H and O–H groups in total. The van der Waals surface area contributed by atoms with E-state index in [2.05, 4.69) is 85.4 Å². The lowest BCUT2D eigenvalue weighted by Crippen LogP contribution is -2.05. The van der Waals surface area contributed by atoms with Gasteiger partial charge < -0.3 is 28.7 Å². The number of nitrogen functional groups attached to an aromatic ring is 5. The second-order valence-electron chi connectivity index (χ2n) is 30.8. The normalized spacial score (nSPS) is 10.6. The molecule has 21 rings (SSSR count). The van der Waals surface area contributed by atoms with Gasteiger partial charge in [-0.2, -0.15) is 0 Å². The Balaban J connectivity index is 0.000000119. The van der Waals surface area contributed by atoms with Crippen LogP contribution in [0.5, 0.6) is 0 Å². The molecule has 11 aromatic carbocycles. The molecule has 20 nitrogen and oxygen atoms in total. The van der Waals surface area contributed by atoms with Crippen LogP contribution in [0, 0.1) is 48.4 Å². The summed E-state index contributed by atoms with van der Waals surface area (Å²) in [6.45, 7) is 3.53. The summed E-state index contributed by atoms with van der Waals surface area (Å²) in [6, 6.07) is 97.5. The number of hydrogen-bond donors (Lipinski definition) is 5. The van der Waals surface area contributed by atoms with Crippen LogP contribution >= 0.6 is 58.0 Å². The fourth-order valence-electron chi connectivity index (χ4n) is 15.4. The van der Waals surface area contributed by atoms with Crippen LogP contribution in [0.2, 0.25) is 25.1 Å². The highest BCUT2D eigenvalue weighted by molar-refractivity contribution is 6.37. The summed E-state index contributed by atoms with van der Waals surface area (Å²) in [5.41, 5.74) is 53.8. The number of halogens is 5. The first-order valence-electron chi connectivity index (χ1n) is 43.0. The van der Waals surface area contributed by atoms with E-state index in [-0.39, 0.29) is 5.82 Å². The summed E-state index contributed by atoms with van der Waals surface area (Å²) in [5, 5.41) is 7.45. The first-order valence-corrected chi connectivity index (χ1v) is 44.9. The molecule has 0 unspecified atom stereocenters. The van der Waals surface area contributed by atoms with E-state index in [1.54, 1.807) is 44.8 Å². The molecule has 0 amide bonds. The van der Waals surface area contributed by atoms with Crippen LogP contribution in [-0.4, -0.2) is 74.8 Å². The van der Waals surface area contributed by atoms with Crippen molar-refractivity contribution in [2.75, 3.05) is 28.7 Å². The molecule has 0 aliphatic heterocycles. The van der Waals surface area contributed by atoms with Crippen molar-refractivity contribution in [3.63, 3.8) is 0 Å². The zero-order chi connectivity index (χ0) is 95.7. The number of aromatic nitrogens is 15. The Morgan fingerprint density at radius 1 is 0.239 bits per heavy atom. The van der Waals surface area contributed by atoms with E-state index in [0.717, 1.165) is 127 Å². The molecule has 664 valence electrons. The zero-order valence-corrected chi connectivity index (χ0v) is 77.6. The second kappa shape index (κ2) is 42.6. The second-order valence-corrected chi connectivity index (χ2v) is 32.9. The maximum absolute atomic E-state index is 6.56. The van der Waals surface area contributed by atoms with Gasteiger partial charge in [-0.25, -0.2) is 49.8 Å². The molecule has 0 aliphatic carbocycles. The van der Waals surface area contributed by atoms with Gasteiger partial charge in [0.2, 0.25) is 0 Å². The van der Waals surface area contributed by atoms with Gasteiger partial charge in [-0.05, 0) is 117 Å². The monoisotopic (exact) mass is 1890 g/mol. The van der Waals surface area contributed by atoms with Crippen LogP contribution in [0.3, 0.4) is 0 Å². The Bertz CT molecular complexity index is 8410. The zero-order valence-electron chi connectivity index (χ0n) is 73.8. The average molecular weight is 1890 g/mol. The Labute approximate surface area is 820 Å². The molecular formula is C113H77Cl5N20. The topological polar surface area (TPSA) is 323 Å². The number of benzene rings is 11. The number of anilines is 5. The van der Waals surface area contributed by atoms with Crippen LogP contribution in [-0.2, 0) is 12.8 Å². The molecule has 21 aromatic rings. The SMILES string of the molecule is C#CCc1nc(-c2cc(Cl)c3ncccc3c2)c(-c2ccccc2)nc1N.C#Cc1nc(-c2cc(Cl)c3ncccc3c2)c(-c2ccccc2)nc1N.CC#CCc1nc(-c2cc(Cl)c3ncccc3c2)c(-c2ccccc2)nc1N.CC#Cc1nc(-c2cc(Cl)c3ncccc3c2)c(-c2ccccc2)nc1N.Nc1nc(-c2ccccc2)c(-c2cc(Cl)c3ncccc3c2)nc1-c1ccccc1. The summed E-state index contributed by atoms with van der Waals surface area (Å²) in [4.78, 5) is 68.8. The molecule has 138 heavy (non-hydrogen) atoms. The van der Waals surface area contributed by atoms with Gasteiger partial charge in [0.15, 0.2) is 28.8 Å². The number of pyridine rings is 5. The third kappa shape index (κ3) is 20.7. The molecule has 0 saturated carbocycles. The van der Waals surface area contributed by atoms with Crippen LogP contribution in [0.4, 0.5) is 29.1 Å².